The van der Waals surface area contributed by atoms with Gasteiger partial charge < -0.3 is 20.1 Å². The van der Waals surface area contributed by atoms with Crippen LogP contribution in [-0.4, -0.2) is 19.1 Å². The summed E-state index contributed by atoms with van der Waals surface area (Å²) < 4.78 is 12.7. The molecule has 6 heteroatoms. The van der Waals surface area contributed by atoms with Gasteiger partial charge in [0.15, 0.2) is 5.60 Å². The normalized spacial score (nSPS) is 17.2. The molecule has 5 rings (SSSR count). The van der Waals surface area contributed by atoms with E-state index >= 15 is 0 Å². The Bertz CT molecular complexity index is 1280. The highest BCUT2D eigenvalue weighted by molar-refractivity contribution is 6.33. The molecule has 36 heavy (non-hydrogen) atoms. The van der Waals surface area contributed by atoms with Gasteiger partial charge in [-0.2, -0.15) is 0 Å². The highest BCUT2D eigenvalue weighted by Gasteiger charge is 2.53. The predicted octanol–water partition coefficient (Wildman–Crippen LogP) is 7.68. The lowest BCUT2D eigenvalue weighted by Crippen LogP contribution is -2.33. The molecule has 1 spiro atoms. The number of nitrogens with zero attached hydrogens (tertiary/aromatic N) is 1. The number of fused-ring (bicyclic) bond motifs is 6. The molecule has 0 amide bonds. The highest BCUT2D eigenvalue weighted by atomic mass is 35.5. The zero-order valence-corrected chi connectivity index (χ0v) is 21.7. The summed E-state index contributed by atoms with van der Waals surface area (Å²) in [5.41, 5.74) is 9.42. The number of hydrogen-bond acceptors (Lipinski definition) is 5. The van der Waals surface area contributed by atoms with Crippen LogP contribution in [0.3, 0.4) is 0 Å². The number of nitrogens with two attached hydrogens (primary N) is 1. The minimum absolute atomic E-state index is 0.359. The molecule has 2 aliphatic rings. The van der Waals surface area contributed by atoms with Crippen molar-refractivity contribution in [3.05, 3.63) is 81.9 Å². The number of rotatable bonds is 9. The van der Waals surface area contributed by atoms with E-state index in [9.17, 15) is 4.79 Å². The van der Waals surface area contributed by atoms with Crippen LogP contribution in [0.25, 0.3) is 0 Å². The van der Waals surface area contributed by atoms with E-state index in [1.54, 1.807) is 18.2 Å². The lowest BCUT2D eigenvalue weighted by atomic mass is 9.77. The number of esters is 1. The second kappa shape index (κ2) is 10.1. The Kier molecular flexibility index (Phi) is 6.85. The largest absolute Gasteiger partial charge is 0.456 e. The van der Waals surface area contributed by atoms with Gasteiger partial charge in [0.05, 0.1) is 16.3 Å². The Morgan fingerprint density at radius 2 is 1.56 bits per heavy atom. The summed E-state index contributed by atoms with van der Waals surface area (Å²) >= 11 is 6.40. The molecule has 0 saturated heterocycles. The van der Waals surface area contributed by atoms with Crippen LogP contribution in [0.5, 0.6) is 11.5 Å². The standard InChI is InChI=1S/C30H33ClN2O3/c1-3-5-9-15-33(16-10-6-4-2)20-13-14-23-27(17-20)35-28-19-25(31)26(32)18-24(28)30(23)22-12-8-7-11-21(22)29(34)36-30/h7-8,11-14,17-19H,3-6,9-10,15-16,32H2,1-2H3. The molecule has 0 aromatic heterocycles. The average Bonchev–Trinajstić information content (AvgIpc) is 3.17. The number of nitrogen functional groups attached to an aromatic ring is 1. The SMILES string of the molecule is CCCCCN(CCCCC)c1ccc2c(c1)Oc1cc(Cl)c(N)cc1C21OC(=O)c2ccccc21. The minimum atomic E-state index is -1.14. The van der Waals surface area contributed by atoms with Crippen LogP contribution in [-0.2, 0) is 10.3 Å². The second-order valence-corrected chi connectivity index (χ2v) is 10.1. The van der Waals surface area contributed by atoms with Crippen molar-refractivity contribution in [1.29, 1.82) is 0 Å². The third-order valence-electron chi connectivity index (χ3n) is 7.24. The van der Waals surface area contributed by atoms with Gasteiger partial charge in [-0.15, -0.1) is 0 Å². The summed E-state index contributed by atoms with van der Waals surface area (Å²) in [6.07, 6.45) is 7.07. The van der Waals surface area contributed by atoms with Gasteiger partial charge >= 0.3 is 5.97 Å². The summed E-state index contributed by atoms with van der Waals surface area (Å²) in [4.78, 5) is 15.5. The number of unbranched alkanes of at least 4 members (excludes halogenated alkanes) is 4. The van der Waals surface area contributed by atoms with E-state index in [0.717, 1.165) is 42.7 Å². The summed E-state index contributed by atoms with van der Waals surface area (Å²) in [7, 11) is 0. The van der Waals surface area contributed by atoms with E-state index < -0.39 is 5.60 Å². The smallest absolute Gasteiger partial charge is 0.340 e. The molecule has 1 atom stereocenters. The van der Waals surface area contributed by atoms with Gasteiger partial charge in [0, 0.05) is 47.6 Å². The Labute approximate surface area is 218 Å². The van der Waals surface area contributed by atoms with Crippen molar-refractivity contribution in [2.75, 3.05) is 23.7 Å². The van der Waals surface area contributed by atoms with Gasteiger partial charge in [-0.1, -0.05) is 69.3 Å². The monoisotopic (exact) mass is 504 g/mol. The summed E-state index contributed by atoms with van der Waals surface area (Å²) in [5, 5.41) is 0.405. The molecule has 3 aromatic carbocycles. The van der Waals surface area contributed by atoms with E-state index in [1.165, 1.54) is 25.7 Å². The fourth-order valence-electron chi connectivity index (χ4n) is 5.37. The van der Waals surface area contributed by atoms with Gasteiger partial charge in [0.25, 0.3) is 0 Å². The first-order chi connectivity index (χ1) is 17.5. The Balaban J connectivity index is 1.63. The molecule has 2 N–H and O–H groups in total. The molecule has 1 unspecified atom stereocenters. The molecule has 5 nitrogen and oxygen atoms in total. The fraction of sp³-hybridized carbons (Fsp3) is 0.367. The van der Waals surface area contributed by atoms with Crippen LogP contribution >= 0.6 is 11.6 Å². The first-order valence-corrected chi connectivity index (χ1v) is 13.4. The number of ether oxygens (including phenoxy) is 2. The van der Waals surface area contributed by atoms with Crippen LogP contribution in [0, 0.1) is 0 Å². The number of benzene rings is 3. The molecule has 2 aliphatic heterocycles. The van der Waals surface area contributed by atoms with Crippen LogP contribution in [0.4, 0.5) is 11.4 Å². The number of halogens is 1. The van der Waals surface area contributed by atoms with Gasteiger partial charge in [0.1, 0.15) is 11.5 Å². The fourth-order valence-corrected chi connectivity index (χ4v) is 5.52. The van der Waals surface area contributed by atoms with E-state index in [1.807, 2.05) is 24.3 Å². The van der Waals surface area contributed by atoms with Gasteiger partial charge in [-0.25, -0.2) is 4.79 Å². The molecule has 0 fully saturated rings. The first kappa shape index (κ1) is 24.5. The highest BCUT2D eigenvalue weighted by Crippen LogP contribution is 2.57. The van der Waals surface area contributed by atoms with E-state index in [-0.39, 0.29) is 5.97 Å². The van der Waals surface area contributed by atoms with Crippen molar-refractivity contribution in [2.45, 2.75) is 58.0 Å². The maximum atomic E-state index is 13.1. The molecule has 0 radical (unpaired) electrons. The molecule has 3 aromatic rings. The number of carbonyl (C=O) groups excluding carboxylic acids is 1. The van der Waals surface area contributed by atoms with Crippen molar-refractivity contribution >= 4 is 28.9 Å². The van der Waals surface area contributed by atoms with Crippen LogP contribution < -0.4 is 15.4 Å². The summed E-state index contributed by atoms with van der Waals surface area (Å²) in [6, 6.07) is 17.3. The first-order valence-electron chi connectivity index (χ1n) is 13.0. The maximum absolute atomic E-state index is 13.1. The summed E-state index contributed by atoms with van der Waals surface area (Å²) in [5.74, 6) is 0.857. The van der Waals surface area contributed by atoms with E-state index in [0.29, 0.717) is 33.3 Å². The van der Waals surface area contributed by atoms with Crippen LogP contribution in [0.1, 0.15) is 79.4 Å². The quantitative estimate of drug-likeness (QED) is 0.184. The topological polar surface area (TPSA) is 64.8 Å². The number of carbonyl (C=O) groups is 1. The van der Waals surface area contributed by atoms with E-state index in [4.69, 9.17) is 26.8 Å². The lowest BCUT2D eigenvalue weighted by Gasteiger charge is -2.37. The predicted molar refractivity (Wildman–Crippen MR) is 145 cm³/mol. The zero-order valence-electron chi connectivity index (χ0n) is 21.0. The molecule has 2 heterocycles. The number of anilines is 2. The molecule has 0 bridgehead atoms. The molecule has 0 saturated carbocycles. The van der Waals surface area contributed by atoms with Gasteiger partial charge in [0.2, 0.25) is 0 Å². The van der Waals surface area contributed by atoms with Crippen molar-refractivity contribution in [2.24, 2.45) is 0 Å². The Morgan fingerprint density at radius 1 is 0.861 bits per heavy atom. The van der Waals surface area contributed by atoms with Gasteiger partial charge in [-0.3, -0.25) is 0 Å². The molecule has 0 aliphatic carbocycles. The zero-order chi connectivity index (χ0) is 25.3. The van der Waals surface area contributed by atoms with Gasteiger partial charge in [-0.05, 0) is 37.1 Å². The molecular weight excluding hydrogens is 472 g/mol. The lowest BCUT2D eigenvalue weighted by molar-refractivity contribution is 0.0224. The third kappa shape index (κ3) is 4.09. The van der Waals surface area contributed by atoms with Crippen molar-refractivity contribution in [1.82, 2.24) is 0 Å². The van der Waals surface area contributed by atoms with Crippen LogP contribution in [0.15, 0.2) is 54.6 Å². The molecule has 188 valence electrons. The average molecular weight is 505 g/mol. The second-order valence-electron chi connectivity index (χ2n) is 9.67. The minimum Gasteiger partial charge on any atom is -0.456 e. The summed E-state index contributed by atoms with van der Waals surface area (Å²) in [6.45, 7) is 6.45. The van der Waals surface area contributed by atoms with Crippen LogP contribution in [0.2, 0.25) is 5.02 Å². The van der Waals surface area contributed by atoms with E-state index in [2.05, 4.69) is 30.9 Å². The maximum Gasteiger partial charge on any atom is 0.340 e. The Hall–Kier alpha value is -3.18. The van der Waals surface area contributed by atoms with Crippen molar-refractivity contribution in [3.8, 4) is 11.5 Å². The van der Waals surface area contributed by atoms with Crippen molar-refractivity contribution < 1.29 is 14.3 Å². The number of hydrogen-bond donors (Lipinski definition) is 1. The molecular formula is C30H33ClN2O3. The third-order valence-corrected chi connectivity index (χ3v) is 7.57. The van der Waals surface area contributed by atoms with Crippen molar-refractivity contribution in [3.63, 3.8) is 0 Å². The Morgan fingerprint density at radius 3 is 2.28 bits per heavy atom.